The highest BCUT2D eigenvalue weighted by molar-refractivity contribution is 7.89. The van der Waals surface area contributed by atoms with Gasteiger partial charge in [0.05, 0.1) is 13.4 Å². The molecular formula is C14H22N2O5S2. The Kier molecular flexibility index (Phi) is 5.34. The number of rotatable bonds is 4. The van der Waals surface area contributed by atoms with Gasteiger partial charge in [0.15, 0.2) is 0 Å². The summed E-state index contributed by atoms with van der Waals surface area (Å²) in [5.41, 5.74) is 0.817. The highest BCUT2D eigenvalue weighted by Gasteiger charge is 2.31. The predicted molar refractivity (Wildman–Crippen MR) is 87.5 cm³/mol. The lowest BCUT2D eigenvalue weighted by Crippen LogP contribution is -2.37. The number of hydrogen-bond acceptors (Lipinski definition) is 5. The van der Waals surface area contributed by atoms with Crippen molar-refractivity contribution < 1.29 is 21.6 Å². The summed E-state index contributed by atoms with van der Waals surface area (Å²) < 4.78 is 56.9. The average Bonchev–Trinajstić information content (AvgIpc) is 2.73. The van der Waals surface area contributed by atoms with Crippen molar-refractivity contribution in [3.8, 4) is 5.75 Å². The van der Waals surface area contributed by atoms with E-state index < -0.39 is 20.0 Å². The van der Waals surface area contributed by atoms with Crippen molar-refractivity contribution in [2.24, 2.45) is 0 Å². The van der Waals surface area contributed by atoms with Gasteiger partial charge in [0.25, 0.3) is 0 Å². The van der Waals surface area contributed by atoms with Crippen LogP contribution < -0.4 is 4.74 Å². The van der Waals surface area contributed by atoms with E-state index in [-0.39, 0.29) is 24.5 Å². The van der Waals surface area contributed by atoms with Gasteiger partial charge in [0.1, 0.15) is 10.6 Å². The minimum atomic E-state index is -3.73. The van der Waals surface area contributed by atoms with Crippen molar-refractivity contribution in [3.63, 3.8) is 0 Å². The maximum absolute atomic E-state index is 12.9. The number of ether oxygens (including phenoxy) is 1. The monoisotopic (exact) mass is 362 g/mol. The third kappa shape index (κ3) is 4.03. The first-order valence-corrected chi connectivity index (χ1v) is 10.5. The van der Waals surface area contributed by atoms with E-state index in [1.165, 1.54) is 15.7 Å². The third-order valence-electron chi connectivity index (χ3n) is 3.82. The molecule has 0 bridgehead atoms. The minimum Gasteiger partial charge on any atom is -0.495 e. The molecule has 1 aromatic rings. The average molecular weight is 362 g/mol. The molecule has 0 N–H and O–H groups in total. The van der Waals surface area contributed by atoms with Crippen LogP contribution in [0.15, 0.2) is 23.1 Å². The molecule has 0 amide bonds. The molecule has 0 aliphatic carbocycles. The van der Waals surface area contributed by atoms with Crippen molar-refractivity contribution in [2.45, 2.75) is 18.2 Å². The molecule has 0 spiro atoms. The Balaban J connectivity index is 2.32. The molecule has 2 rings (SSSR count). The normalized spacial score (nSPS) is 18.6. The van der Waals surface area contributed by atoms with Crippen LogP contribution in [0.2, 0.25) is 0 Å². The molecule has 1 aliphatic heterocycles. The highest BCUT2D eigenvalue weighted by Crippen LogP contribution is 2.28. The van der Waals surface area contributed by atoms with Crippen LogP contribution in [0, 0.1) is 6.92 Å². The van der Waals surface area contributed by atoms with Crippen LogP contribution in [-0.2, 0) is 20.0 Å². The summed E-state index contributed by atoms with van der Waals surface area (Å²) in [5, 5.41) is 0. The van der Waals surface area contributed by atoms with Gasteiger partial charge < -0.3 is 4.74 Å². The Bertz CT molecular complexity index is 774. The lowest BCUT2D eigenvalue weighted by Gasteiger charge is -2.22. The Labute approximate surface area is 137 Å². The molecule has 0 unspecified atom stereocenters. The molecule has 1 heterocycles. The Morgan fingerprint density at radius 1 is 1.00 bits per heavy atom. The van der Waals surface area contributed by atoms with Gasteiger partial charge in [0, 0.05) is 26.2 Å². The van der Waals surface area contributed by atoms with Gasteiger partial charge in [-0.3, -0.25) is 0 Å². The van der Waals surface area contributed by atoms with Crippen LogP contribution in [0.5, 0.6) is 5.75 Å². The molecule has 7 nitrogen and oxygen atoms in total. The van der Waals surface area contributed by atoms with Gasteiger partial charge in [0.2, 0.25) is 20.0 Å². The molecule has 1 aliphatic rings. The number of aryl methyl sites for hydroxylation is 1. The van der Waals surface area contributed by atoms with Gasteiger partial charge in [-0.05, 0) is 31.0 Å². The summed E-state index contributed by atoms with van der Waals surface area (Å²) in [6, 6.07) is 4.99. The summed E-state index contributed by atoms with van der Waals surface area (Å²) in [6.45, 7) is 2.71. The Morgan fingerprint density at radius 3 is 2.22 bits per heavy atom. The van der Waals surface area contributed by atoms with Gasteiger partial charge in [-0.2, -0.15) is 4.31 Å². The molecule has 130 valence electrons. The van der Waals surface area contributed by atoms with Crippen LogP contribution in [-0.4, -0.2) is 65.0 Å². The smallest absolute Gasteiger partial charge is 0.246 e. The quantitative estimate of drug-likeness (QED) is 0.786. The molecule has 1 fully saturated rings. The van der Waals surface area contributed by atoms with Crippen molar-refractivity contribution in [3.05, 3.63) is 23.8 Å². The first kappa shape index (κ1) is 18.2. The number of hydrogen-bond donors (Lipinski definition) is 0. The Hall–Kier alpha value is -1.16. The second-order valence-electron chi connectivity index (χ2n) is 5.57. The fraction of sp³-hybridized carbons (Fsp3) is 0.571. The standard InChI is InChI=1S/C14H22N2O5S2/c1-12-5-6-13(21-2)14(11-12)23(19,20)16-8-4-7-15(9-10-16)22(3,17)18/h5-6,11H,4,7-10H2,1-3H3. The van der Waals surface area contributed by atoms with Crippen molar-refractivity contribution in [2.75, 3.05) is 39.5 Å². The number of nitrogens with zero attached hydrogens (tertiary/aromatic N) is 2. The van der Waals surface area contributed by atoms with Crippen molar-refractivity contribution >= 4 is 20.0 Å². The SMILES string of the molecule is COc1ccc(C)cc1S(=O)(=O)N1CCCN(S(C)(=O)=O)CC1. The van der Waals surface area contributed by atoms with E-state index in [0.717, 1.165) is 11.8 Å². The maximum atomic E-state index is 12.9. The zero-order chi connectivity index (χ0) is 17.3. The first-order valence-electron chi connectivity index (χ1n) is 7.26. The van der Waals surface area contributed by atoms with Crippen LogP contribution >= 0.6 is 0 Å². The third-order valence-corrected chi connectivity index (χ3v) is 7.04. The van der Waals surface area contributed by atoms with Crippen LogP contribution in [0.1, 0.15) is 12.0 Å². The van der Waals surface area contributed by atoms with Gasteiger partial charge in [-0.1, -0.05) is 6.07 Å². The summed E-state index contributed by atoms with van der Waals surface area (Å²) in [6.07, 6.45) is 1.60. The van der Waals surface area contributed by atoms with E-state index in [2.05, 4.69) is 0 Å². The van der Waals surface area contributed by atoms with Gasteiger partial charge in [-0.25, -0.2) is 21.1 Å². The molecule has 0 aromatic heterocycles. The topological polar surface area (TPSA) is 84.0 Å². The van der Waals surface area contributed by atoms with E-state index >= 15 is 0 Å². The molecule has 0 saturated carbocycles. The lowest BCUT2D eigenvalue weighted by atomic mass is 10.2. The molecular weight excluding hydrogens is 340 g/mol. The number of methoxy groups -OCH3 is 1. The van der Waals surface area contributed by atoms with Crippen molar-refractivity contribution in [1.29, 1.82) is 0 Å². The molecule has 1 aromatic carbocycles. The van der Waals surface area contributed by atoms with E-state index in [4.69, 9.17) is 4.74 Å². The van der Waals surface area contributed by atoms with Gasteiger partial charge >= 0.3 is 0 Å². The van der Waals surface area contributed by atoms with Crippen LogP contribution in [0.3, 0.4) is 0 Å². The largest absolute Gasteiger partial charge is 0.495 e. The fourth-order valence-electron chi connectivity index (χ4n) is 2.57. The van der Waals surface area contributed by atoms with Crippen molar-refractivity contribution in [1.82, 2.24) is 8.61 Å². The number of sulfonamides is 2. The highest BCUT2D eigenvalue weighted by atomic mass is 32.2. The van der Waals surface area contributed by atoms with Gasteiger partial charge in [-0.15, -0.1) is 0 Å². The molecule has 23 heavy (non-hydrogen) atoms. The molecule has 0 radical (unpaired) electrons. The zero-order valence-electron chi connectivity index (χ0n) is 13.5. The van der Waals surface area contributed by atoms with E-state index in [1.54, 1.807) is 18.2 Å². The molecule has 9 heteroatoms. The summed E-state index contributed by atoms with van der Waals surface area (Å²) in [7, 11) is -5.62. The summed E-state index contributed by atoms with van der Waals surface area (Å²) in [4.78, 5) is 0.118. The second kappa shape index (κ2) is 6.76. The van der Waals surface area contributed by atoms with E-state index in [1.807, 2.05) is 6.92 Å². The summed E-state index contributed by atoms with van der Waals surface area (Å²) in [5.74, 6) is 0.291. The molecule has 0 atom stereocenters. The van der Waals surface area contributed by atoms with Crippen LogP contribution in [0.25, 0.3) is 0 Å². The van der Waals surface area contributed by atoms with Crippen LogP contribution in [0.4, 0.5) is 0 Å². The Morgan fingerprint density at radius 2 is 1.61 bits per heavy atom. The van der Waals surface area contributed by atoms with E-state index in [9.17, 15) is 16.8 Å². The maximum Gasteiger partial charge on any atom is 0.246 e. The van der Waals surface area contributed by atoms with E-state index in [0.29, 0.717) is 18.7 Å². The number of benzene rings is 1. The zero-order valence-corrected chi connectivity index (χ0v) is 15.2. The molecule has 1 saturated heterocycles. The fourth-order valence-corrected chi connectivity index (χ4v) is 5.15. The predicted octanol–water partition coefficient (Wildman–Crippen LogP) is 0.660. The first-order chi connectivity index (χ1) is 10.7. The lowest BCUT2D eigenvalue weighted by molar-refractivity contribution is 0.388. The summed E-state index contributed by atoms with van der Waals surface area (Å²) >= 11 is 0. The second-order valence-corrected chi connectivity index (χ2v) is 9.46. The minimum absolute atomic E-state index is 0.118.